The van der Waals surface area contributed by atoms with E-state index in [1.54, 1.807) is 0 Å². The Morgan fingerprint density at radius 1 is 0.792 bits per heavy atom. The summed E-state index contributed by atoms with van der Waals surface area (Å²) in [6.07, 6.45) is -7.13. The number of halogens is 9. The monoisotopic (exact) mass is 402 g/mol. The Morgan fingerprint density at radius 3 is 1.17 bits per heavy atom. The van der Waals surface area contributed by atoms with Crippen LogP contribution >= 0.6 is 0 Å². The number of nitrogens with zero attached hydrogens (tertiary/aromatic N) is 1. The molecule has 0 unspecified atom stereocenters. The molecule has 0 aromatic carbocycles. The predicted molar refractivity (Wildman–Crippen MR) is 65.6 cm³/mol. The molecule has 14 heteroatoms. The summed E-state index contributed by atoms with van der Waals surface area (Å²) in [6, 6.07) is 0.736. The second-order valence-corrected chi connectivity index (χ2v) is 7.31. The van der Waals surface area contributed by atoms with Crippen LogP contribution in [0, 0.1) is 0 Å². The topological polar surface area (TPSA) is 54.4 Å². The Morgan fingerprint density at radius 2 is 1.04 bits per heavy atom. The Hall–Kier alpha value is -0.760. The minimum Gasteiger partial charge on any atom is -0.329 e. The lowest BCUT2D eigenvalue weighted by molar-refractivity contribution is -0.891. The molecule has 0 aliphatic carbocycles. The highest BCUT2D eigenvalue weighted by molar-refractivity contribution is 7.87. The number of hydrogen-bond donors (Lipinski definition) is 1. The van der Waals surface area contributed by atoms with Gasteiger partial charge in [0, 0.05) is 0 Å². The molecular weight excluding hydrogens is 385 g/mol. The molecule has 0 spiro atoms. The molecular formula is C10H17F9NO3S+. The van der Waals surface area contributed by atoms with Gasteiger partial charge in [-0.1, -0.05) is 0 Å². The van der Waals surface area contributed by atoms with E-state index in [0.29, 0.717) is 0 Å². The van der Waals surface area contributed by atoms with Crippen LogP contribution in [0.15, 0.2) is 0 Å². The SMILES string of the molecule is CC(C)[N+](C)(C)C.O=S(=O)(O)C(F)(F)C(F)(F)C(F)(F)C(F)(F)F. The zero-order valence-corrected chi connectivity index (χ0v) is 13.9. The lowest BCUT2D eigenvalue weighted by atomic mass is 10.1. The van der Waals surface area contributed by atoms with Crippen molar-refractivity contribution < 1.29 is 57.0 Å². The van der Waals surface area contributed by atoms with Crippen LogP contribution in [0.25, 0.3) is 0 Å². The highest BCUT2D eigenvalue weighted by Gasteiger charge is 2.85. The molecule has 0 rings (SSSR count). The van der Waals surface area contributed by atoms with E-state index < -0.39 is 33.4 Å². The second-order valence-electron chi connectivity index (χ2n) is 5.85. The molecule has 0 aromatic rings. The van der Waals surface area contributed by atoms with Crippen molar-refractivity contribution >= 4 is 10.1 Å². The molecule has 0 aliphatic rings. The molecule has 0 fully saturated rings. The van der Waals surface area contributed by atoms with Crippen molar-refractivity contribution in [3.8, 4) is 0 Å². The van der Waals surface area contributed by atoms with Crippen LogP contribution in [0.2, 0.25) is 0 Å². The van der Waals surface area contributed by atoms with Gasteiger partial charge >= 0.3 is 33.4 Å². The van der Waals surface area contributed by atoms with Gasteiger partial charge in [0.15, 0.2) is 0 Å². The number of alkyl halides is 9. The van der Waals surface area contributed by atoms with E-state index >= 15 is 0 Å². The van der Waals surface area contributed by atoms with E-state index in [-0.39, 0.29) is 0 Å². The van der Waals surface area contributed by atoms with Crippen molar-refractivity contribution in [2.75, 3.05) is 21.1 Å². The first kappa shape index (κ1) is 25.5. The third kappa shape index (κ3) is 5.12. The van der Waals surface area contributed by atoms with Crippen molar-refractivity contribution in [1.82, 2.24) is 0 Å². The standard InChI is InChI=1S/C6H16N.C4HF9O3S/c1-6(2)7(3,4)5;5-1(6,3(9,10)11)2(7,8)4(12,13)17(14,15)16/h6H,1-5H3;(H,14,15,16)/q+1;. The van der Waals surface area contributed by atoms with E-state index in [1.165, 1.54) is 0 Å². The smallest absolute Gasteiger partial charge is 0.329 e. The molecule has 0 aliphatic heterocycles. The summed E-state index contributed by atoms with van der Waals surface area (Å²) >= 11 is 0. The molecule has 0 saturated heterocycles. The normalized spacial score (nSPS) is 15.2. The minimum atomic E-state index is -7.37. The van der Waals surface area contributed by atoms with Gasteiger partial charge in [0.2, 0.25) is 0 Å². The maximum Gasteiger partial charge on any atom is 0.460 e. The third-order valence-corrected chi connectivity index (χ3v) is 3.89. The maximum atomic E-state index is 12.2. The first-order valence-electron chi connectivity index (χ1n) is 5.93. The molecule has 1 N–H and O–H groups in total. The fourth-order valence-electron chi connectivity index (χ4n) is 0.523. The molecule has 0 amide bonds. The van der Waals surface area contributed by atoms with Gasteiger partial charge in [0.25, 0.3) is 0 Å². The van der Waals surface area contributed by atoms with Gasteiger partial charge in [-0.3, -0.25) is 4.55 Å². The van der Waals surface area contributed by atoms with Crippen LogP contribution in [0.4, 0.5) is 39.5 Å². The van der Waals surface area contributed by atoms with Crippen LogP contribution in [0.3, 0.4) is 0 Å². The summed E-state index contributed by atoms with van der Waals surface area (Å²) in [5, 5.41) is -7.00. The lowest BCUT2D eigenvalue weighted by Crippen LogP contribution is -2.63. The molecule has 4 nitrogen and oxygen atoms in total. The quantitative estimate of drug-likeness (QED) is 0.446. The molecule has 0 heterocycles. The van der Waals surface area contributed by atoms with Crippen LogP contribution in [0.5, 0.6) is 0 Å². The highest BCUT2D eigenvalue weighted by Crippen LogP contribution is 2.54. The fraction of sp³-hybridized carbons (Fsp3) is 1.00. The Balaban J connectivity index is 0. The van der Waals surface area contributed by atoms with Gasteiger partial charge in [-0.25, -0.2) is 0 Å². The third-order valence-electron chi connectivity index (χ3n) is 2.99. The van der Waals surface area contributed by atoms with Crippen LogP contribution in [0.1, 0.15) is 13.8 Å². The van der Waals surface area contributed by atoms with Crippen LogP contribution in [-0.2, 0) is 10.1 Å². The Kier molecular flexibility index (Phi) is 7.28. The first-order chi connectivity index (χ1) is 9.94. The van der Waals surface area contributed by atoms with Crippen molar-refractivity contribution in [3.05, 3.63) is 0 Å². The van der Waals surface area contributed by atoms with Crippen molar-refractivity contribution in [2.24, 2.45) is 0 Å². The zero-order chi connectivity index (χ0) is 20.6. The van der Waals surface area contributed by atoms with Crippen LogP contribution in [-0.4, -0.2) is 67.9 Å². The largest absolute Gasteiger partial charge is 0.460 e. The first-order valence-corrected chi connectivity index (χ1v) is 7.37. The summed E-state index contributed by atoms with van der Waals surface area (Å²) in [5.74, 6) is -14.7. The van der Waals surface area contributed by atoms with Gasteiger partial charge in [-0.15, -0.1) is 0 Å². The van der Waals surface area contributed by atoms with Gasteiger partial charge in [0.05, 0.1) is 27.2 Å². The summed E-state index contributed by atoms with van der Waals surface area (Å²) < 4.78 is 135. The number of hydrogen-bond acceptors (Lipinski definition) is 2. The fourth-order valence-corrected chi connectivity index (χ4v) is 0.975. The summed E-state index contributed by atoms with van der Waals surface area (Å²) in [5.41, 5.74) is 0. The Bertz CT molecular complexity index is 521. The van der Waals surface area contributed by atoms with Gasteiger partial charge in [-0.05, 0) is 13.8 Å². The summed E-state index contributed by atoms with van der Waals surface area (Å²) in [7, 11) is -0.570. The molecule has 148 valence electrons. The highest BCUT2D eigenvalue weighted by atomic mass is 32.2. The van der Waals surface area contributed by atoms with Gasteiger partial charge < -0.3 is 4.48 Å². The summed E-state index contributed by atoms with van der Waals surface area (Å²) in [4.78, 5) is 0. The van der Waals surface area contributed by atoms with E-state index in [0.717, 1.165) is 10.5 Å². The maximum absolute atomic E-state index is 12.2. The average Bonchev–Trinajstić information content (AvgIpc) is 2.24. The molecule has 0 saturated carbocycles. The van der Waals surface area contributed by atoms with Gasteiger partial charge in [-0.2, -0.15) is 47.9 Å². The van der Waals surface area contributed by atoms with Crippen molar-refractivity contribution in [2.45, 2.75) is 43.2 Å². The lowest BCUT2D eigenvalue weighted by Gasteiger charge is -2.31. The van der Waals surface area contributed by atoms with Gasteiger partial charge in [0.1, 0.15) is 0 Å². The number of quaternary nitrogens is 1. The molecule has 0 atom stereocenters. The van der Waals surface area contributed by atoms with Crippen molar-refractivity contribution in [1.29, 1.82) is 0 Å². The molecule has 0 radical (unpaired) electrons. The van der Waals surface area contributed by atoms with E-state index in [9.17, 15) is 47.9 Å². The molecule has 24 heavy (non-hydrogen) atoms. The molecule has 0 bridgehead atoms. The van der Waals surface area contributed by atoms with Crippen molar-refractivity contribution in [3.63, 3.8) is 0 Å². The van der Waals surface area contributed by atoms with E-state index in [1.807, 2.05) is 0 Å². The second kappa shape index (κ2) is 6.86. The number of rotatable bonds is 4. The average molecular weight is 402 g/mol. The zero-order valence-electron chi connectivity index (χ0n) is 13.1. The summed E-state index contributed by atoms with van der Waals surface area (Å²) in [6.45, 7) is 4.44. The van der Waals surface area contributed by atoms with Crippen LogP contribution < -0.4 is 0 Å². The van der Waals surface area contributed by atoms with E-state index in [4.69, 9.17) is 4.55 Å². The minimum absolute atomic E-state index is 0.736. The Labute approximate surface area is 132 Å². The van der Waals surface area contributed by atoms with E-state index in [2.05, 4.69) is 35.0 Å². The predicted octanol–water partition coefficient (Wildman–Crippen LogP) is 3.40. The molecule has 0 aromatic heterocycles.